The predicted octanol–water partition coefficient (Wildman–Crippen LogP) is -0.230. The molecule has 1 amide bonds. The molecule has 2 heterocycles. The minimum atomic E-state index is -3.39. The highest BCUT2D eigenvalue weighted by Gasteiger charge is 2.38. The molecule has 1 atom stereocenters. The fraction of sp³-hybridized carbons (Fsp3) is 0.938. The Morgan fingerprint density at radius 2 is 1.62 bits per heavy atom. The Morgan fingerprint density at radius 1 is 0.962 bits per heavy atom. The third kappa shape index (κ3) is 5.90. The van der Waals surface area contributed by atoms with E-state index in [1.54, 1.807) is 4.90 Å². The Kier molecular flexibility index (Phi) is 7.46. The SMILES string of the molecule is CCCS(=O)(=O)N1CCCCC1C(=O)N1CCN(CCS(C)(=O)=O)CC1. The van der Waals surface area contributed by atoms with Gasteiger partial charge in [0.05, 0.1) is 11.5 Å². The number of hydrogen-bond donors (Lipinski definition) is 0. The van der Waals surface area contributed by atoms with Gasteiger partial charge in [-0.15, -0.1) is 0 Å². The molecular formula is C16H31N3O5S2. The lowest BCUT2D eigenvalue weighted by Gasteiger charge is -2.40. The second-order valence-corrected chi connectivity index (χ2v) is 11.5. The number of sulfone groups is 1. The van der Waals surface area contributed by atoms with Crippen molar-refractivity contribution < 1.29 is 21.6 Å². The van der Waals surface area contributed by atoms with Crippen molar-refractivity contribution in [1.82, 2.24) is 14.1 Å². The molecule has 2 aliphatic rings. The van der Waals surface area contributed by atoms with Crippen molar-refractivity contribution in [2.75, 3.05) is 57.0 Å². The van der Waals surface area contributed by atoms with Crippen molar-refractivity contribution in [3.8, 4) is 0 Å². The van der Waals surface area contributed by atoms with Gasteiger partial charge in [-0.3, -0.25) is 9.69 Å². The normalized spacial score (nSPS) is 23.9. The first kappa shape index (κ1) is 21.6. The van der Waals surface area contributed by atoms with Crippen LogP contribution in [0.15, 0.2) is 0 Å². The lowest BCUT2D eigenvalue weighted by molar-refractivity contribution is -0.138. The Labute approximate surface area is 157 Å². The van der Waals surface area contributed by atoms with Crippen LogP contribution in [0.25, 0.3) is 0 Å². The zero-order valence-corrected chi connectivity index (χ0v) is 17.4. The summed E-state index contributed by atoms with van der Waals surface area (Å²) in [6, 6.07) is -0.581. The molecule has 8 nitrogen and oxygen atoms in total. The second kappa shape index (κ2) is 8.99. The van der Waals surface area contributed by atoms with E-state index in [2.05, 4.69) is 0 Å². The van der Waals surface area contributed by atoms with Gasteiger partial charge in [-0.05, 0) is 19.3 Å². The fourth-order valence-electron chi connectivity index (χ4n) is 3.56. The van der Waals surface area contributed by atoms with E-state index >= 15 is 0 Å². The molecule has 2 saturated heterocycles. The molecule has 0 aromatic heterocycles. The zero-order valence-electron chi connectivity index (χ0n) is 15.8. The third-order valence-electron chi connectivity index (χ3n) is 5.02. The molecule has 10 heteroatoms. The number of rotatable bonds is 7. The lowest BCUT2D eigenvalue weighted by Crippen LogP contribution is -2.57. The van der Waals surface area contributed by atoms with Crippen molar-refractivity contribution in [2.24, 2.45) is 0 Å². The number of nitrogens with zero attached hydrogens (tertiary/aromatic N) is 3. The van der Waals surface area contributed by atoms with Crippen LogP contribution in [0.4, 0.5) is 0 Å². The fourth-order valence-corrected chi connectivity index (χ4v) is 5.89. The monoisotopic (exact) mass is 409 g/mol. The molecule has 26 heavy (non-hydrogen) atoms. The van der Waals surface area contributed by atoms with Crippen molar-refractivity contribution in [2.45, 2.75) is 38.6 Å². The van der Waals surface area contributed by atoms with Crippen LogP contribution in [0.3, 0.4) is 0 Å². The van der Waals surface area contributed by atoms with Gasteiger partial charge in [0.1, 0.15) is 15.9 Å². The first-order chi connectivity index (χ1) is 12.1. The zero-order chi connectivity index (χ0) is 19.4. The minimum absolute atomic E-state index is 0.0794. The van der Waals surface area contributed by atoms with Gasteiger partial charge in [0, 0.05) is 45.5 Å². The summed E-state index contributed by atoms with van der Waals surface area (Å²) in [6.07, 6.45) is 4.00. The summed E-state index contributed by atoms with van der Waals surface area (Å²) >= 11 is 0. The van der Waals surface area contributed by atoms with Crippen LogP contribution in [0.5, 0.6) is 0 Å². The molecule has 1 unspecified atom stereocenters. The standard InChI is InChI=1S/C16H31N3O5S2/c1-3-13-26(23,24)19-7-5-4-6-15(19)16(20)18-10-8-17(9-11-18)12-14-25(2,21)22/h15H,3-14H2,1-2H3. The van der Waals surface area contributed by atoms with Crippen LogP contribution in [0, 0.1) is 0 Å². The molecule has 2 fully saturated rings. The minimum Gasteiger partial charge on any atom is -0.339 e. The maximum atomic E-state index is 12.9. The highest BCUT2D eigenvalue weighted by atomic mass is 32.2. The molecule has 0 aliphatic carbocycles. The van der Waals surface area contributed by atoms with E-state index in [9.17, 15) is 21.6 Å². The van der Waals surface area contributed by atoms with Gasteiger partial charge in [0.25, 0.3) is 0 Å². The van der Waals surface area contributed by atoms with E-state index in [1.165, 1.54) is 10.6 Å². The largest absolute Gasteiger partial charge is 0.339 e. The van der Waals surface area contributed by atoms with Gasteiger partial charge in [0.2, 0.25) is 15.9 Å². The molecule has 0 N–H and O–H groups in total. The number of piperidine rings is 1. The molecule has 2 rings (SSSR count). The van der Waals surface area contributed by atoms with Crippen LogP contribution >= 0.6 is 0 Å². The van der Waals surface area contributed by atoms with E-state index in [1.807, 2.05) is 11.8 Å². The number of amides is 1. The van der Waals surface area contributed by atoms with E-state index in [0.717, 1.165) is 12.8 Å². The summed E-state index contributed by atoms with van der Waals surface area (Å²) in [5.41, 5.74) is 0. The summed E-state index contributed by atoms with van der Waals surface area (Å²) in [5, 5.41) is 0. The van der Waals surface area contributed by atoms with E-state index in [4.69, 9.17) is 0 Å². The summed E-state index contributed by atoms with van der Waals surface area (Å²) in [7, 11) is -6.39. The van der Waals surface area contributed by atoms with E-state index in [0.29, 0.717) is 52.1 Å². The van der Waals surface area contributed by atoms with Crippen molar-refractivity contribution >= 4 is 25.8 Å². The van der Waals surface area contributed by atoms with Crippen LogP contribution in [-0.2, 0) is 24.7 Å². The van der Waals surface area contributed by atoms with Gasteiger partial charge in [-0.1, -0.05) is 13.3 Å². The number of carbonyl (C=O) groups excluding carboxylic acids is 1. The van der Waals surface area contributed by atoms with Crippen LogP contribution < -0.4 is 0 Å². The first-order valence-electron chi connectivity index (χ1n) is 9.32. The summed E-state index contributed by atoms with van der Waals surface area (Å²) in [5.74, 6) is 0.0926. The van der Waals surface area contributed by atoms with Crippen molar-refractivity contribution in [1.29, 1.82) is 0 Å². The summed E-state index contributed by atoms with van der Waals surface area (Å²) in [6.45, 7) is 5.00. The molecule has 0 spiro atoms. The lowest BCUT2D eigenvalue weighted by atomic mass is 10.0. The molecule has 0 aromatic rings. The number of piperazine rings is 1. The topological polar surface area (TPSA) is 95.1 Å². The first-order valence-corrected chi connectivity index (χ1v) is 13.0. The molecule has 0 bridgehead atoms. The maximum absolute atomic E-state index is 12.9. The average Bonchev–Trinajstić information content (AvgIpc) is 2.59. The number of hydrogen-bond acceptors (Lipinski definition) is 6. The molecule has 0 saturated carbocycles. The van der Waals surface area contributed by atoms with E-state index in [-0.39, 0.29) is 17.4 Å². The van der Waals surface area contributed by atoms with Gasteiger partial charge in [-0.25, -0.2) is 16.8 Å². The Balaban J connectivity index is 1.95. The van der Waals surface area contributed by atoms with Gasteiger partial charge in [-0.2, -0.15) is 4.31 Å². The second-order valence-electron chi connectivity index (χ2n) is 7.24. The van der Waals surface area contributed by atoms with Gasteiger partial charge < -0.3 is 4.90 Å². The van der Waals surface area contributed by atoms with Crippen molar-refractivity contribution in [3.63, 3.8) is 0 Å². The van der Waals surface area contributed by atoms with E-state index < -0.39 is 25.9 Å². The molecule has 2 aliphatic heterocycles. The Bertz CT molecular complexity index is 685. The highest BCUT2D eigenvalue weighted by molar-refractivity contribution is 7.90. The molecule has 0 radical (unpaired) electrons. The highest BCUT2D eigenvalue weighted by Crippen LogP contribution is 2.23. The van der Waals surface area contributed by atoms with Crippen LogP contribution in [0.2, 0.25) is 0 Å². The van der Waals surface area contributed by atoms with Gasteiger partial charge >= 0.3 is 0 Å². The molecule has 0 aromatic carbocycles. The van der Waals surface area contributed by atoms with Gasteiger partial charge in [0.15, 0.2) is 0 Å². The van der Waals surface area contributed by atoms with Crippen molar-refractivity contribution in [3.05, 3.63) is 0 Å². The summed E-state index contributed by atoms with van der Waals surface area (Å²) < 4.78 is 49.0. The summed E-state index contributed by atoms with van der Waals surface area (Å²) in [4.78, 5) is 16.7. The number of carbonyl (C=O) groups is 1. The Morgan fingerprint density at radius 3 is 2.19 bits per heavy atom. The van der Waals surface area contributed by atoms with Crippen LogP contribution in [0.1, 0.15) is 32.6 Å². The quantitative estimate of drug-likeness (QED) is 0.576. The smallest absolute Gasteiger partial charge is 0.241 e. The third-order valence-corrected chi connectivity index (χ3v) is 8.02. The number of sulfonamides is 1. The molecular weight excluding hydrogens is 378 g/mol. The maximum Gasteiger partial charge on any atom is 0.241 e. The predicted molar refractivity (Wildman–Crippen MR) is 101 cm³/mol. The molecule has 152 valence electrons. The average molecular weight is 410 g/mol. The Hall–Kier alpha value is -0.710. The van der Waals surface area contributed by atoms with Crippen LogP contribution in [-0.4, -0.2) is 99.9 Å².